The first-order chi connectivity index (χ1) is 9.03. The van der Waals surface area contributed by atoms with Crippen LogP contribution in [0.15, 0.2) is 12.1 Å². The number of nitriles is 1. The summed E-state index contributed by atoms with van der Waals surface area (Å²) in [4.78, 5) is 11.4. The predicted molar refractivity (Wildman–Crippen MR) is 65.8 cm³/mol. The quantitative estimate of drug-likeness (QED) is 0.770. The van der Waals surface area contributed by atoms with Crippen molar-refractivity contribution in [2.45, 2.75) is 33.1 Å². The van der Waals surface area contributed by atoms with E-state index >= 15 is 0 Å². The van der Waals surface area contributed by atoms with Gasteiger partial charge in [-0.3, -0.25) is 4.79 Å². The smallest absolute Gasteiger partial charge is 0.310 e. The van der Waals surface area contributed by atoms with Gasteiger partial charge < -0.3 is 4.74 Å². The van der Waals surface area contributed by atoms with E-state index in [0.717, 1.165) is 0 Å². The van der Waals surface area contributed by atoms with E-state index < -0.39 is 12.4 Å². The Morgan fingerprint density at radius 3 is 2.47 bits per heavy atom. The molecule has 0 aromatic heterocycles. The van der Waals surface area contributed by atoms with Gasteiger partial charge in [-0.1, -0.05) is 6.92 Å². The SMILES string of the molecule is CCOC(=O)Cc1cc(C(F)F)cc(CC)c1C#N. The van der Waals surface area contributed by atoms with Crippen LogP contribution in [0.25, 0.3) is 0 Å². The summed E-state index contributed by atoms with van der Waals surface area (Å²) in [5.41, 5.74) is 0.949. The topological polar surface area (TPSA) is 50.1 Å². The molecule has 1 aromatic carbocycles. The van der Waals surface area contributed by atoms with Gasteiger partial charge in [-0.15, -0.1) is 0 Å². The van der Waals surface area contributed by atoms with Gasteiger partial charge in [0.25, 0.3) is 6.43 Å². The molecule has 0 radical (unpaired) electrons. The minimum atomic E-state index is -2.63. The van der Waals surface area contributed by atoms with Crippen molar-refractivity contribution >= 4 is 5.97 Å². The van der Waals surface area contributed by atoms with Gasteiger partial charge in [0.05, 0.1) is 24.7 Å². The highest BCUT2D eigenvalue weighted by atomic mass is 19.3. The third kappa shape index (κ3) is 3.75. The van der Waals surface area contributed by atoms with E-state index in [1.54, 1.807) is 13.8 Å². The molecule has 3 nitrogen and oxygen atoms in total. The Kier molecular flexibility index (Phi) is 5.43. The molecule has 0 saturated heterocycles. The summed E-state index contributed by atoms with van der Waals surface area (Å²) in [6.45, 7) is 3.66. The number of nitrogens with zero attached hydrogens (tertiary/aromatic N) is 1. The molecule has 0 N–H and O–H groups in total. The number of esters is 1. The normalized spacial score (nSPS) is 10.3. The lowest BCUT2D eigenvalue weighted by Gasteiger charge is -2.11. The molecule has 0 bridgehead atoms. The third-order valence-corrected chi connectivity index (χ3v) is 2.71. The van der Waals surface area contributed by atoms with Crippen molar-refractivity contribution in [3.63, 3.8) is 0 Å². The summed E-state index contributed by atoms with van der Waals surface area (Å²) in [6, 6.07) is 4.50. The van der Waals surface area contributed by atoms with Crippen molar-refractivity contribution in [1.29, 1.82) is 5.26 Å². The number of carbonyl (C=O) groups is 1. The number of ether oxygens (including phenoxy) is 1. The molecule has 0 aliphatic rings. The van der Waals surface area contributed by atoms with Crippen molar-refractivity contribution in [1.82, 2.24) is 0 Å². The van der Waals surface area contributed by atoms with Gasteiger partial charge in [-0.2, -0.15) is 5.26 Å². The zero-order valence-electron chi connectivity index (χ0n) is 10.9. The van der Waals surface area contributed by atoms with Gasteiger partial charge in [0, 0.05) is 5.56 Å². The molecule has 0 aliphatic carbocycles. The number of hydrogen-bond acceptors (Lipinski definition) is 3. The molecule has 19 heavy (non-hydrogen) atoms. The maximum absolute atomic E-state index is 12.8. The molecule has 0 saturated carbocycles. The number of aryl methyl sites for hydroxylation is 1. The molecule has 5 heteroatoms. The monoisotopic (exact) mass is 267 g/mol. The standard InChI is InChI=1S/C14H15F2NO2/c1-3-9-5-11(14(15)16)6-10(12(9)8-17)7-13(18)19-4-2/h5-6,14H,3-4,7H2,1-2H3. The van der Waals surface area contributed by atoms with E-state index in [4.69, 9.17) is 10.00 Å². The summed E-state index contributed by atoms with van der Waals surface area (Å²) in [7, 11) is 0. The maximum atomic E-state index is 12.8. The molecular weight excluding hydrogens is 252 g/mol. The van der Waals surface area contributed by atoms with E-state index in [0.29, 0.717) is 23.1 Å². The fourth-order valence-corrected chi connectivity index (χ4v) is 1.85. The summed E-state index contributed by atoms with van der Waals surface area (Å²) in [5, 5.41) is 9.11. The van der Waals surface area contributed by atoms with Crippen LogP contribution >= 0.6 is 0 Å². The highest BCUT2D eigenvalue weighted by molar-refractivity contribution is 5.74. The van der Waals surface area contributed by atoms with Crippen LogP contribution in [-0.2, 0) is 22.4 Å². The van der Waals surface area contributed by atoms with Crippen molar-refractivity contribution in [3.8, 4) is 6.07 Å². The molecular formula is C14H15F2NO2. The lowest BCUT2D eigenvalue weighted by atomic mass is 9.95. The van der Waals surface area contributed by atoms with Gasteiger partial charge in [0.1, 0.15) is 0 Å². The first kappa shape index (κ1) is 15.1. The molecule has 0 unspecified atom stereocenters. The lowest BCUT2D eigenvalue weighted by Crippen LogP contribution is -2.10. The summed E-state index contributed by atoms with van der Waals surface area (Å²) < 4.78 is 30.4. The molecule has 1 rings (SSSR count). The number of hydrogen-bond donors (Lipinski definition) is 0. The Bertz CT molecular complexity index is 507. The number of halogens is 2. The Labute approximate surface area is 110 Å². The lowest BCUT2D eigenvalue weighted by molar-refractivity contribution is -0.142. The summed E-state index contributed by atoms with van der Waals surface area (Å²) >= 11 is 0. The first-order valence-electron chi connectivity index (χ1n) is 6.03. The Morgan fingerprint density at radius 2 is 2.00 bits per heavy atom. The molecule has 1 aromatic rings. The average Bonchev–Trinajstić information content (AvgIpc) is 2.37. The zero-order valence-corrected chi connectivity index (χ0v) is 10.9. The third-order valence-electron chi connectivity index (χ3n) is 2.71. The van der Waals surface area contributed by atoms with Crippen LogP contribution in [0.5, 0.6) is 0 Å². The van der Waals surface area contributed by atoms with E-state index in [1.165, 1.54) is 12.1 Å². The van der Waals surface area contributed by atoms with Crippen LogP contribution < -0.4 is 0 Å². The second-order valence-electron chi connectivity index (χ2n) is 3.96. The molecule has 0 fully saturated rings. The predicted octanol–water partition coefficient (Wildman–Crippen LogP) is 3.16. The largest absolute Gasteiger partial charge is 0.466 e. The molecule has 102 valence electrons. The minimum absolute atomic E-state index is 0.162. The van der Waals surface area contributed by atoms with Gasteiger partial charge in [-0.25, -0.2) is 8.78 Å². The van der Waals surface area contributed by atoms with Crippen LogP contribution in [0, 0.1) is 11.3 Å². The van der Waals surface area contributed by atoms with Gasteiger partial charge >= 0.3 is 5.97 Å². The van der Waals surface area contributed by atoms with Crippen LogP contribution in [0.1, 0.15) is 42.5 Å². The van der Waals surface area contributed by atoms with Gasteiger partial charge in [-0.05, 0) is 36.6 Å². The first-order valence-corrected chi connectivity index (χ1v) is 6.03. The maximum Gasteiger partial charge on any atom is 0.310 e. The Hall–Kier alpha value is -1.96. The number of carbonyl (C=O) groups excluding carboxylic acids is 1. The second-order valence-corrected chi connectivity index (χ2v) is 3.96. The van der Waals surface area contributed by atoms with E-state index in [1.807, 2.05) is 6.07 Å². The van der Waals surface area contributed by atoms with Crippen molar-refractivity contribution in [2.75, 3.05) is 6.61 Å². The van der Waals surface area contributed by atoms with Crippen molar-refractivity contribution in [2.24, 2.45) is 0 Å². The number of alkyl halides is 2. The van der Waals surface area contributed by atoms with Crippen molar-refractivity contribution < 1.29 is 18.3 Å². The Balaban J connectivity index is 3.23. The fraction of sp³-hybridized carbons (Fsp3) is 0.429. The molecule has 0 amide bonds. The van der Waals surface area contributed by atoms with Crippen LogP contribution in [-0.4, -0.2) is 12.6 Å². The molecule has 0 aliphatic heterocycles. The number of benzene rings is 1. The summed E-state index contributed by atoms with van der Waals surface area (Å²) in [6.07, 6.45) is -2.33. The Morgan fingerprint density at radius 1 is 1.37 bits per heavy atom. The minimum Gasteiger partial charge on any atom is -0.466 e. The fourth-order valence-electron chi connectivity index (χ4n) is 1.85. The highest BCUT2D eigenvalue weighted by Gasteiger charge is 2.17. The van der Waals surface area contributed by atoms with Crippen LogP contribution in [0.2, 0.25) is 0 Å². The second kappa shape index (κ2) is 6.83. The number of rotatable bonds is 5. The van der Waals surface area contributed by atoms with Crippen molar-refractivity contribution in [3.05, 3.63) is 34.4 Å². The van der Waals surface area contributed by atoms with E-state index in [-0.39, 0.29) is 18.6 Å². The molecule has 0 atom stereocenters. The average molecular weight is 267 g/mol. The van der Waals surface area contributed by atoms with E-state index in [2.05, 4.69) is 0 Å². The van der Waals surface area contributed by atoms with Crippen LogP contribution in [0.4, 0.5) is 8.78 Å². The highest BCUT2D eigenvalue weighted by Crippen LogP contribution is 2.26. The summed E-state index contributed by atoms with van der Waals surface area (Å²) in [5.74, 6) is -0.521. The van der Waals surface area contributed by atoms with E-state index in [9.17, 15) is 13.6 Å². The van der Waals surface area contributed by atoms with Crippen LogP contribution in [0.3, 0.4) is 0 Å². The van der Waals surface area contributed by atoms with Gasteiger partial charge in [0.15, 0.2) is 0 Å². The molecule has 0 heterocycles. The van der Waals surface area contributed by atoms with Gasteiger partial charge in [0.2, 0.25) is 0 Å². The zero-order chi connectivity index (χ0) is 14.4. The molecule has 0 spiro atoms.